The van der Waals surface area contributed by atoms with Crippen LogP contribution < -0.4 is 0 Å². The first kappa shape index (κ1) is 20.5. The lowest BCUT2D eigenvalue weighted by molar-refractivity contribution is -0.165. The Balaban J connectivity index is 1.90. The largest absolute Gasteiger partial charge is 0.463 e. The van der Waals surface area contributed by atoms with Crippen LogP contribution in [0.25, 0.3) is 5.69 Å². The van der Waals surface area contributed by atoms with Crippen molar-refractivity contribution in [3.8, 4) is 5.69 Å². The van der Waals surface area contributed by atoms with Crippen molar-refractivity contribution in [3.05, 3.63) is 42.2 Å². The van der Waals surface area contributed by atoms with Gasteiger partial charge >= 0.3 is 17.9 Å². The first-order valence-electron chi connectivity index (χ1n) is 8.96. The lowest BCUT2D eigenvalue weighted by atomic mass is 10.1. The Morgan fingerprint density at radius 1 is 1.00 bits per heavy atom. The molecule has 2 aromatic rings. The maximum Gasteiger partial charge on any atom is 0.303 e. The molecule has 4 atom stereocenters. The molecular weight excluding hydrogens is 382 g/mol. The van der Waals surface area contributed by atoms with Crippen molar-refractivity contribution >= 4 is 17.9 Å². The van der Waals surface area contributed by atoms with E-state index in [1.165, 1.54) is 31.8 Å². The van der Waals surface area contributed by atoms with Gasteiger partial charge in [-0.2, -0.15) is 15.0 Å². The predicted molar refractivity (Wildman–Crippen MR) is 96.7 cm³/mol. The number of nitrogens with zero attached hydrogens (tertiary/aromatic N) is 3. The summed E-state index contributed by atoms with van der Waals surface area (Å²) in [5, 5.41) is 8.63. The molecule has 1 saturated heterocycles. The minimum Gasteiger partial charge on any atom is -0.463 e. The molecule has 10 nitrogen and oxygen atoms in total. The zero-order chi connectivity index (χ0) is 21.0. The lowest BCUT2D eigenvalue weighted by Gasteiger charge is -2.22. The molecule has 1 aliphatic rings. The van der Waals surface area contributed by atoms with Crippen LogP contribution in [0, 0.1) is 0 Å². The van der Waals surface area contributed by atoms with Gasteiger partial charge < -0.3 is 18.9 Å². The molecule has 29 heavy (non-hydrogen) atoms. The van der Waals surface area contributed by atoms with Gasteiger partial charge in [-0.25, -0.2) is 0 Å². The molecule has 154 valence electrons. The molecule has 2 heterocycles. The molecule has 1 aliphatic heterocycles. The van der Waals surface area contributed by atoms with Crippen molar-refractivity contribution in [2.24, 2.45) is 0 Å². The molecule has 0 unspecified atom stereocenters. The normalized spacial score (nSPS) is 23.4. The summed E-state index contributed by atoms with van der Waals surface area (Å²) in [5.41, 5.74) is 1.11. The van der Waals surface area contributed by atoms with Crippen LogP contribution in [0.2, 0.25) is 0 Å². The number of benzene rings is 1. The summed E-state index contributed by atoms with van der Waals surface area (Å²) in [4.78, 5) is 35.9. The maximum absolute atomic E-state index is 11.7. The third-order valence-corrected chi connectivity index (χ3v) is 4.15. The van der Waals surface area contributed by atoms with E-state index in [4.69, 9.17) is 18.9 Å². The third kappa shape index (κ3) is 4.96. The zero-order valence-corrected chi connectivity index (χ0v) is 16.2. The number of hydrogen-bond acceptors (Lipinski definition) is 9. The van der Waals surface area contributed by atoms with Crippen molar-refractivity contribution in [3.63, 3.8) is 0 Å². The van der Waals surface area contributed by atoms with Gasteiger partial charge in [-0.05, 0) is 12.1 Å². The molecule has 0 amide bonds. The van der Waals surface area contributed by atoms with E-state index >= 15 is 0 Å². The highest BCUT2D eigenvalue weighted by molar-refractivity contribution is 5.68. The van der Waals surface area contributed by atoms with Gasteiger partial charge in [0.1, 0.15) is 24.5 Å². The lowest BCUT2D eigenvalue weighted by Crippen LogP contribution is -2.40. The number of hydrogen-bond donors (Lipinski definition) is 0. The summed E-state index contributed by atoms with van der Waals surface area (Å²) in [6.45, 7) is 3.55. The fourth-order valence-corrected chi connectivity index (χ4v) is 3.04. The van der Waals surface area contributed by atoms with Gasteiger partial charge in [0.05, 0.1) is 11.9 Å². The second kappa shape index (κ2) is 8.82. The molecular formula is C19H21N3O7. The minimum absolute atomic E-state index is 0.172. The van der Waals surface area contributed by atoms with Gasteiger partial charge in [0.15, 0.2) is 12.2 Å². The Hall–Kier alpha value is -3.27. The van der Waals surface area contributed by atoms with E-state index in [-0.39, 0.29) is 6.61 Å². The van der Waals surface area contributed by atoms with E-state index in [0.717, 1.165) is 5.69 Å². The number of aromatic nitrogens is 3. The Bertz CT molecular complexity index is 883. The van der Waals surface area contributed by atoms with Crippen LogP contribution in [0.5, 0.6) is 0 Å². The number of para-hydroxylation sites is 1. The molecule has 0 saturated carbocycles. The third-order valence-electron chi connectivity index (χ3n) is 4.15. The summed E-state index contributed by atoms with van der Waals surface area (Å²) in [7, 11) is 0. The average molecular weight is 403 g/mol. The van der Waals surface area contributed by atoms with Crippen molar-refractivity contribution in [2.45, 2.75) is 45.2 Å². The summed E-state index contributed by atoms with van der Waals surface area (Å²) < 4.78 is 21.6. The molecule has 1 aromatic carbocycles. The van der Waals surface area contributed by atoms with Crippen LogP contribution in [0.3, 0.4) is 0 Å². The second-order valence-electron chi connectivity index (χ2n) is 6.44. The summed E-state index contributed by atoms with van der Waals surface area (Å²) in [6, 6.07) is 9.21. The van der Waals surface area contributed by atoms with Gasteiger partial charge in [-0.15, -0.1) is 0 Å². The SMILES string of the molecule is CC(=O)OC[C@H]1O[C@@H](c2cnn(-c3ccccc3)n2)[C@@H](OC(C)=O)[C@H]1OC(C)=O. The van der Waals surface area contributed by atoms with Crippen molar-refractivity contribution < 1.29 is 33.3 Å². The molecule has 10 heteroatoms. The van der Waals surface area contributed by atoms with E-state index < -0.39 is 42.3 Å². The molecule has 0 radical (unpaired) electrons. The van der Waals surface area contributed by atoms with Crippen LogP contribution in [-0.4, -0.2) is 57.8 Å². The summed E-state index contributed by atoms with van der Waals surface area (Å²) in [5.74, 6) is -1.68. The average Bonchev–Trinajstić information content (AvgIpc) is 3.26. The fourth-order valence-electron chi connectivity index (χ4n) is 3.04. The standard InChI is InChI=1S/C19H21N3O7/c1-11(23)26-10-16-18(27-12(2)24)19(28-13(3)25)17(29-16)15-9-20-22(21-15)14-7-5-4-6-8-14/h4-9,16-19H,10H2,1-3H3/t16-,17+,18+,19-/m1/s1. The quantitative estimate of drug-likeness (QED) is 0.516. The highest BCUT2D eigenvalue weighted by Crippen LogP contribution is 2.37. The molecule has 1 aromatic heterocycles. The fraction of sp³-hybridized carbons (Fsp3) is 0.421. The molecule has 0 N–H and O–H groups in total. The molecule has 0 bridgehead atoms. The molecule has 3 rings (SSSR count). The van der Waals surface area contributed by atoms with Crippen LogP contribution in [-0.2, 0) is 33.3 Å². The Morgan fingerprint density at radius 3 is 2.28 bits per heavy atom. The van der Waals surface area contributed by atoms with Crippen LogP contribution in [0.15, 0.2) is 36.5 Å². The van der Waals surface area contributed by atoms with Crippen LogP contribution >= 0.6 is 0 Å². The summed E-state index contributed by atoms with van der Waals surface area (Å²) in [6.07, 6.45) is -2.16. The number of esters is 3. The zero-order valence-electron chi connectivity index (χ0n) is 16.2. The van der Waals surface area contributed by atoms with Crippen molar-refractivity contribution in [1.29, 1.82) is 0 Å². The van der Waals surface area contributed by atoms with Gasteiger partial charge in [0.2, 0.25) is 0 Å². The topological polar surface area (TPSA) is 119 Å². The predicted octanol–water partition coefficient (Wildman–Crippen LogP) is 1.13. The highest BCUT2D eigenvalue weighted by Gasteiger charge is 2.51. The summed E-state index contributed by atoms with van der Waals surface area (Å²) >= 11 is 0. The van der Waals surface area contributed by atoms with Gasteiger partial charge in [-0.1, -0.05) is 18.2 Å². The molecule has 0 spiro atoms. The number of carbonyl (C=O) groups is 3. The van der Waals surface area contributed by atoms with E-state index in [1.807, 2.05) is 30.3 Å². The maximum atomic E-state index is 11.7. The first-order chi connectivity index (χ1) is 13.8. The molecule has 0 aliphatic carbocycles. The number of carbonyl (C=O) groups excluding carboxylic acids is 3. The highest BCUT2D eigenvalue weighted by atomic mass is 16.6. The minimum atomic E-state index is -0.974. The monoisotopic (exact) mass is 403 g/mol. The Labute approximate surface area is 166 Å². The molecule has 1 fully saturated rings. The number of ether oxygens (including phenoxy) is 4. The first-order valence-corrected chi connectivity index (χ1v) is 8.96. The van der Waals surface area contributed by atoms with Crippen molar-refractivity contribution in [2.75, 3.05) is 6.61 Å². The van der Waals surface area contributed by atoms with Crippen LogP contribution in [0.4, 0.5) is 0 Å². The van der Waals surface area contributed by atoms with Crippen molar-refractivity contribution in [1.82, 2.24) is 15.0 Å². The van der Waals surface area contributed by atoms with E-state index in [0.29, 0.717) is 5.69 Å². The van der Waals surface area contributed by atoms with E-state index in [2.05, 4.69) is 10.2 Å². The smallest absolute Gasteiger partial charge is 0.303 e. The van der Waals surface area contributed by atoms with Gasteiger partial charge in [0.25, 0.3) is 0 Å². The van der Waals surface area contributed by atoms with E-state index in [9.17, 15) is 14.4 Å². The van der Waals surface area contributed by atoms with Gasteiger partial charge in [-0.3, -0.25) is 14.4 Å². The number of rotatable bonds is 6. The Kier molecular flexibility index (Phi) is 6.23. The van der Waals surface area contributed by atoms with Gasteiger partial charge in [0, 0.05) is 20.8 Å². The second-order valence-corrected chi connectivity index (χ2v) is 6.44. The van der Waals surface area contributed by atoms with Crippen LogP contribution in [0.1, 0.15) is 32.6 Å². The van der Waals surface area contributed by atoms with E-state index in [1.54, 1.807) is 0 Å². The Morgan fingerprint density at radius 2 is 1.66 bits per heavy atom.